The molecule has 1 aliphatic heterocycles. The molecule has 0 saturated heterocycles. The van der Waals surface area contributed by atoms with E-state index in [0.29, 0.717) is 36.7 Å². The van der Waals surface area contributed by atoms with Crippen molar-refractivity contribution in [1.29, 1.82) is 0 Å². The fraction of sp³-hybridized carbons (Fsp3) is 0.286. The second-order valence-corrected chi connectivity index (χ2v) is 6.17. The third kappa shape index (κ3) is 3.84. The Morgan fingerprint density at radius 3 is 2.48 bits per heavy atom. The summed E-state index contributed by atoms with van der Waals surface area (Å²) in [6, 6.07) is 12.6. The van der Waals surface area contributed by atoms with Gasteiger partial charge in [-0.1, -0.05) is 6.92 Å². The molecule has 2 aromatic carbocycles. The van der Waals surface area contributed by atoms with Crippen molar-refractivity contribution < 1.29 is 23.4 Å². The van der Waals surface area contributed by atoms with Crippen molar-refractivity contribution >= 4 is 11.0 Å². The van der Waals surface area contributed by atoms with Crippen molar-refractivity contribution in [2.45, 2.75) is 19.8 Å². The van der Waals surface area contributed by atoms with Crippen LogP contribution in [0.2, 0.25) is 0 Å². The van der Waals surface area contributed by atoms with Crippen LogP contribution in [0.25, 0.3) is 11.0 Å². The van der Waals surface area contributed by atoms with Gasteiger partial charge in [0.1, 0.15) is 17.1 Å². The Balaban J connectivity index is 1.31. The van der Waals surface area contributed by atoms with Gasteiger partial charge >= 0.3 is 5.63 Å². The zero-order valence-corrected chi connectivity index (χ0v) is 15.0. The SMILES string of the molecule is CCc1cc(=O)oc2cc(OCCCOc3ccc4c(c3)OCO4)ccc12. The monoisotopic (exact) mass is 368 g/mol. The molecule has 2 heterocycles. The van der Waals surface area contributed by atoms with E-state index < -0.39 is 0 Å². The normalized spacial score (nSPS) is 12.3. The molecule has 0 amide bonds. The number of aryl methyl sites for hydroxylation is 1. The lowest BCUT2D eigenvalue weighted by atomic mass is 10.1. The number of hydrogen-bond acceptors (Lipinski definition) is 6. The number of ether oxygens (including phenoxy) is 4. The van der Waals surface area contributed by atoms with Crippen LogP contribution in [0.5, 0.6) is 23.0 Å². The Bertz CT molecular complexity index is 1010. The van der Waals surface area contributed by atoms with E-state index in [9.17, 15) is 4.79 Å². The summed E-state index contributed by atoms with van der Waals surface area (Å²) >= 11 is 0. The molecular formula is C21H20O6. The molecule has 0 radical (unpaired) electrons. The van der Waals surface area contributed by atoms with Gasteiger partial charge in [0.25, 0.3) is 0 Å². The number of hydrogen-bond donors (Lipinski definition) is 0. The summed E-state index contributed by atoms with van der Waals surface area (Å²) in [5.74, 6) is 2.84. The zero-order chi connectivity index (χ0) is 18.6. The first-order chi connectivity index (χ1) is 13.2. The molecule has 0 N–H and O–H groups in total. The summed E-state index contributed by atoms with van der Waals surface area (Å²) in [5, 5.41) is 0.940. The average Bonchev–Trinajstić information content (AvgIpc) is 3.14. The molecule has 1 aliphatic rings. The molecule has 6 nitrogen and oxygen atoms in total. The smallest absolute Gasteiger partial charge is 0.336 e. The van der Waals surface area contributed by atoms with E-state index in [1.807, 2.05) is 37.3 Å². The van der Waals surface area contributed by atoms with Crippen LogP contribution in [-0.4, -0.2) is 20.0 Å². The summed E-state index contributed by atoms with van der Waals surface area (Å²) < 4.78 is 27.3. The molecule has 140 valence electrons. The third-order valence-corrected chi connectivity index (χ3v) is 4.35. The van der Waals surface area contributed by atoms with E-state index in [1.54, 1.807) is 6.07 Å². The van der Waals surface area contributed by atoms with Crippen LogP contribution in [-0.2, 0) is 6.42 Å². The summed E-state index contributed by atoms with van der Waals surface area (Å²) in [4.78, 5) is 11.6. The molecule has 0 unspecified atom stereocenters. The molecule has 3 aromatic rings. The zero-order valence-electron chi connectivity index (χ0n) is 15.0. The molecule has 0 aliphatic carbocycles. The maximum atomic E-state index is 11.6. The lowest BCUT2D eigenvalue weighted by Crippen LogP contribution is -2.05. The van der Waals surface area contributed by atoms with E-state index in [4.69, 9.17) is 23.4 Å². The van der Waals surface area contributed by atoms with Crippen molar-refractivity contribution in [1.82, 2.24) is 0 Å². The Hall–Kier alpha value is -3.15. The molecule has 1 aromatic heterocycles. The molecule has 0 atom stereocenters. The quantitative estimate of drug-likeness (QED) is 0.465. The van der Waals surface area contributed by atoms with Gasteiger partial charge < -0.3 is 23.4 Å². The first-order valence-corrected chi connectivity index (χ1v) is 8.95. The second-order valence-electron chi connectivity index (χ2n) is 6.17. The van der Waals surface area contributed by atoms with Crippen molar-refractivity contribution in [3.05, 3.63) is 58.4 Å². The molecule has 0 saturated carbocycles. The predicted molar refractivity (Wildman–Crippen MR) is 100 cm³/mol. The van der Waals surface area contributed by atoms with Gasteiger partial charge in [0, 0.05) is 30.0 Å². The van der Waals surface area contributed by atoms with Gasteiger partial charge in [-0.3, -0.25) is 0 Å². The molecule has 0 spiro atoms. The highest BCUT2D eigenvalue weighted by molar-refractivity contribution is 5.81. The molecule has 0 bridgehead atoms. The van der Waals surface area contributed by atoms with E-state index in [-0.39, 0.29) is 12.4 Å². The number of fused-ring (bicyclic) bond motifs is 2. The average molecular weight is 368 g/mol. The fourth-order valence-electron chi connectivity index (χ4n) is 3.00. The predicted octanol–water partition coefficient (Wildman–Crippen LogP) is 3.93. The van der Waals surface area contributed by atoms with Crippen molar-refractivity contribution in [3.8, 4) is 23.0 Å². The molecule has 0 fully saturated rings. The maximum Gasteiger partial charge on any atom is 0.336 e. The van der Waals surface area contributed by atoms with Gasteiger partial charge in [0.2, 0.25) is 6.79 Å². The van der Waals surface area contributed by atoms with Gasteiger partial charge in [-0.15, -0.1) is 0 Å². The minimum atomic E-state index is -0.339. The lowest BCUT2D eigenvalue weighted by Gasteiger charge is -2.09. The van der Waals surface area contributed by atoms with Gasteiger partial charge in [-0.25, -0.2) is 4.79 Å². The third-order valence-electron chi connectivity index (χ3n) is 4.35. The highest BCUT2D eigenvalue weighted by atomic mass is 16.7. The van der Waals surface area contributed by atoms with Crippen LogP contribution in [0, 0.1) is 0 Å². The van der Waals surface area contributed by atoms with E-state index in [1.165, 1.54) is 6.07 Å². The summed E-state index contributed by atoms with van der Waals surface area (Å²) in [6.45, 7) is 3.27. The Kier molecular flexibility index (Phi) is 4.87. The summed E-state index contributed by atoms with van der Waals surface area (Å²) in [6.07, 6.45) is 1.49. The lowest BCUT2D eigenvalue weighted by molar-refractivity contribution is 0.173. The summed E-state index contributed by atoms with van der Waals surface area (Å²) in [7, 11) is 0. The van der Waals surface area contributed by atoms with Gasteiger partial charge in [-0.2, -0.15) is 0 Å². The van der Waals surface area contributed by atoms with Crippen LogP contribution in [0.1, 0.15) is 18.9 Å². The highest BCUT2D eigenvalue weighted by Crippen LogP contribution is 2.35. The first kappa shape index (κ1) is 17.3. The number of rotatable bonds is 7. The molecule has 27 heavy (non-hydrogen) atoms. The minimum Gasteiger partial charge on any atom is -0.493 e. The van der Waals surface area contributed by atoms with Gasteiger partial charge in [-0.05, 0) is 36.2 Å². The van der Waals surface area contributed by atoms with E-state index >= 15 is 0 Å². The van der Waals surface area contributed by atoms with Crippen LogP contribution >= 0.6 is 0 Å². The van der Waals surface area contributed by atoms with E-state index in [0.717, 1.165) is 28.9 Å². The van der Waals surface area contributed by atoms with Gasteiger partial charge in [0.15, 0.2) is 11.5 Å². The summed E-state index contributed by atoms with van der Waals surface area (Å²) in [5.41, 5.74) is 1.19. The standard InChI is InChI=1S/C21H20O6/c1-2-14-10-21(22)27-19-11-15(4-6-17(14)19)23-8-3-9-24-16-5-7-18-20(12-16)26-13-25-18/h4-7,10-12H,2-3,8-9,13H2,1H3. The fourth-order valence-corrected chi connectivity index (χ4v) is 3.00. The van der Waals surface area contributed by atoms with Crippen LogP contribution in [0.4, 0.5) is 0 Å². The van der Waals surface area contributed by atoms with E-state index in [2.05, 4.69) is 0 Å². The van der Waals surface area contributed by atoms with Crippen molar-refractivity contribution in [3.63, 3.8) is 0 Å². The largest absolute Gasteiger partial charge is 0.493 e. The van der Waals surface area contributed by atoms with Gasteiger partial charge in [0.05, 0.1) is 13.2 Å². The topological polar surface area (TPSA) is 67.1 Å². The van der Waals surface area contributed by atoms with Crippen molar-refractivity contribution in [2.75, 3.05) is 20.0 Å². The van der Waals surface area contributed by atoms with Crippen LogP contribution in [0.3, 0.4) is 0 Å². The second kappa shape index (κ2) is 7.61. The Labute approximate surface area is 156 Å². The van der Waals surface area contributed by atoms with Crippen molar-refractivity contribution in [2.24, 2.45) is 0 Å². The first-order valence-electron chi connectivity index (χ1n) is 8.95. The Morgan fingerprint density at radius 1 is 0.926 bits per heavy atom. The molecular weight excluding hydrogens is 348 g/mol. The molecule has 4 rings (SSSR count). The molecule has 6 heteroatoms. The Morgan fingerprint density at radius 2 is 1.67 bits per heavy atom. The maximum absolute atomic E-state index is 11.6. The van der Waals surface area contributed by atoms with Crippen LogP contribution in [0.15, 0.2) is 51.7 Å². The highest BCUT2D eigenvalue weighted by Gasteiger charge is 2.13. The van der Waals surface area contributed by atoms with Crippen LogP contribution < -0.4 is 24.6 Å². The minimum absolute atomic E-state index is 0.248. The number of benzene rings is 2.